The van der Waals surface area contributed by atoms with Crippen LogP contribution in [0, 0.1) is 5.82 Å². The zero-order chi connectivity index (χ0) is 15.0. The molecule has 0 amide bonds. The van der Waals surface area contributed by atoms with Crippen molar-refractivity contribution < 1.29 is 4.39 Å². The van der Waals surface area contributed by atoms with Gasteiger partial charge in [-0.15, -0.1) is 0 Å². The molecule has 5 heteroatoms. The number of rotatable bonds is 2. The lowest BCUT2D eigenvalue weighted by atomic mass is 9.90. The highest BCUT2D eigenvalue weighted by atomic mass is 79.9. The average molecular weight is 348 g/mol. The lowest BCUT2D eigenvalue weighted by Crippen LogP contribution is -2.47. The van der Waals surface area contributed by atoms with E-state index < -0.39 is 5.54 Å². The summed E-state index contributed by atoms with van der Waals surface area (Å²) in [4.78, 5) is 6.38. The Morgan fingerprint density at radius 1 is 1.24 bits per heavy atom. The molecule has 0 saturated heterocycles. The van der Waals surface area contributed by atoms with Gasteiger partial charge in [0, 0.05) is 5.69 Å². The summed E-state index contributed by atoms with van der Waals surface area (Å²) in [6.45, 7) is 2.59. The molecular weight excluding hydrogens is 333 g/mol. The number of nitrogens with two attached hydrogens (primary N) is 1. The Morgan fingerprint density at radius 2 is 1.95 bits per heavy atom. The standard InChI is InChI=1S/C16H15BrFN3/c1-16(11-7-8-14(18)13(17)9-11)10-20-15(19)21(16)12-5-3-2-4-6-12/h2-9H,10H2,1H3,(H2,19,20). The molecule has 0 spiro atoms. The van der Waals surface area contributed by atoms with Crippen LogP contribution in [-0.4, -0.2) is 12.5 Å². The summed E-state index contributed by atoms with van der Waals surface area (Å²) in [6.07, 6.45) is 0. The minimum atomic E-state index is -0.429. The molecule has 1 heterocycles. The average Bonchev–Trinajstić information content (AvgIpc) is 2.79. The number of halogens is 2. The zero-order valence-electron chi connectivity index (χ0n) is 11.6. The summed E-state index contributed by atoms with van der Waals surface area (Å²) in [5.74, 6) is 0.199. The molecule has 3 nitrogen and oxygen atoms in total. The van der Waals surface area contributed by atoms with E-state index >= 15 is 0 Å². The largest absolute Gasteiger partial charge is 0.369 e. The van der Waals surface area contributed by atoms with Crippen molar-refractivity contribution in [2.75, 3.05) is 11.4 Å². The molecule has 108 valence electrons. The second kappa shape index (κ2) is 5.15. The summed E-state index contributed by atoms with van der Waals surface area (Å²) in [7, 11) is 0. The molecule has 0 bridgehead atoms. The Bertz CT molecular complexity index is 702. The van der Waals surface area contributed by atoms with E-state index in [1.54, 1.807) is 12.1 Å². The quantitative estimate of drug-likeness (QED) is 0.900. The van der Waals surface area contributed by atoms with Crippen LogP contribution in [0.25, 0.3) is 0 Å². The van der Waals surface area contributed by atoms with Gasteiger partial charge in [0.2, 0.25) is 0 Å². The van der Waals surface area contributed by atoms with E-state index in [4.69, 9.17) is 5.73 Å². The van der Waals surface area contributed by atoms with E-state index in [2.05, 4.69) is 27.8 Å². The fourth-order valence-electron chi connectivity index (χ4n) is 2.67. The van der Waals surface area contributed by atoms with Crippen molar-refractivity contribution in [2.45, 2.75) is 12.5 Å². The first-order valence-corrected chi connectivity index (χ1v) is 7.42. The Hall–Kier alpha value is -1.88. The van der Waals surface area contributed by atoms with Crippen LogP contribution >= 0.6 is 15.9 Å². The molecule has 1 aliphatic heterocycles. The first-order valence-electron chi connectivity index (χ1n) is 6.63. The van der Waals surface area contributed by atoms with Gasteiger partial charge in [0.1, 0.15) is 5.82 Å². The second-order valence-electron chi connectivity index (χ2n) is 5.25. The number of benzene rings is 2. The van der Waals surface area contributed by atoms with Crippen molar-refractivity contribution in [1.29, 1.82) is 0 Å². The lowest BCUT2D eigenvalue weighted by Gasteiger charge is -2.36. The topological polar surface area (TPSA) is 41.6 Å². The summed E-state index contributed by atoms with van der Waals surface area (Å²) < 4.78 is 13.9. The Balaban J connectivity index is 2.09. The van der Waals surface area contributed by atoms with Crippen LogP contribution < -0.4 is 10.6 Å². The van der Waals surface area contributed by atoms with Crippen molar-refractivity contribution in [3.63, 3.8) is 0 Å². The van der Waals surface area contributed by atoms with Gasteiger partial charge in [0.05, 0.1) is 16.6 Å². The summed E-state index contributed by atoms with van der Waals surface area (Å²) in [5.41, 5.74) is 7.59. The van der Waals surface area contributed by atoms with Gasteiger partial charge in [-0.1, -0.05) is 24.3 Å². The van der Waals surface area contributed by atoms with Crippen LogP contribution in [0.3, 0.4) is 0 Å². The van der Waals surface area contributed by atoms with E-state index in [9.17, 15) is 4.39 Å². The molecule has 0 saturated carbocycles. The fourth-order valence-corrected chi connectivity index (χ4v) is 3.05. The highest BCUT2D eigenvalue weighted by molar-refractivity contribution is 9.10. The highest BCUT2D eigenvalue weighted by Crippen LogP contribution is 2.37. The maximum Gasteiger partial charge on any atom is 0.196 e. The number of nitrogens with zero attached hydrogens (tertiary/aromatic N) is 2. The fraction of sp³-hybridized carbons (Fsp3) is 0.188. The first kappa shape index (κ1) is 14.1. The molecule has 1 unspecified atom stereocenters. The molecule has 1 atom stereocenters. The minimum absolute atomic E-state index is 0.277. The van der Waals surface area contributed by atoms with E-state index in [0.717, 1.165) is 11.3 Å². The normalized spacial score (nSPS) is 21.5. The number of anilines is 1. The van der Waals surface area contributed by atoms with Gasteiger partial charge in [0.15, 0.2) is 5.96 Å². The number of guanidine groups is 1. The highest BCUT2D eigenvalue weighted by Gasteiger charge is 2.40. The molecule has 0 fully saturated rings. The van der Waals surface area contributed by atoms with Crippen molar-refractivity contribution in [1.82, 2.24) is 0 Å². The summed E-state index contributed by atoms with van der Waals surface area (Å²) >= 11 is 3.25. The summed E-state index contributed by atoms with van der Waals surface area (Å²) in [6, 6.07) is 14.9. The molecule has 2 aromatic carbocycles. The maximum atomic E-state index is 13.5. The van der Waals surface area contributed by atoms with Crippen molar-refractivity contribution in [2.24, 2.45) is 10.7 Å². The SMILES string of the molecule is CC1(c2ccc(F)c(Br)c2)CN=C(N)N1c1ccccc1. The van der Waals surface area contributed by atoms with Crippen molar-refractivity contribution in [3.05, 3.63) is 64.4 Å². The lowest BCUT2D eigenvalue weighted by molar-refractivity contribution is 0.529. The molecule has 0 aliphatic carbocycles. The second-order valence-corrected chi connectivity index (χ2v) is 6.10. The Morgan fingerprint density at radius 3 is 2.62 bits per heavy atom. The van der Waals surface area contributed by atoms with Crippen molar-refractivity contribution in [3.8, 4) is 0 Å². The van der Waals surface area contributed by atoms with Gasteiger partial charge >= 0.3 is 0 Å². The third-order valence-corrected chi connectivity index (χ3v) is 4.44. The van der Waals surface area contributed by atoms with E-state index in [0.29, 0.717) is 17.0 Å². The zero-order valence-corrected chi connectivity index (χ0v) is 13.1. The Kier molecular flexibility index (Phi) is 3.45. The van der Waals surface area contributed by atoms with Crippen LogP contribution in [0.15, 0.2) is 58.0 Å². The molecule has 0 radical (unpaired) electrons. The predicted octanol–water partition coefficient (Wildman–Crippen LogP) is 3.64. The number of aliphatic imine (C=N–C) groups is 1. The smallest absolute Gasteiger partial charge is 0.196 e. The van der Waals surface area contributed by atoms with Gasteiger partial charge in [-0.05, 0) is 52.7 Å². The molecule has 1 aliphatic rings. The summed E-state index contributed by atoms with van der Waals surface area (Å²) in [5, 5.41) is 0. The monoisotopic (exact) mass is 347 g/mol. The van der Waals surface area contributed by atoms with Crippen LogP contribution in [0.5, 0.6) is 0 Å². The molecule has 2 N–H and O–H groups in total. The first-order chi connectivity index (χ1) is 10.0. The van der Waals surface area contributed by atoms with Gasteiger partial charge < -0.3 is 10.6 Å². The molecule has 0 aromatic heterocycles. The molecular formula is C16H15BrFN3. The van der Waals surface area contributed by atoms with E-state index in [-0.39, 0.29) is 5.82 Å². The minimum Gasteiger partial charge on any atom is -0.369 e. The van der Waals surface area contributed by atoms with E-state index in [1.165, 1.54) is 6.07 Å². The van der Waals surface area contributed by atoms with Crippen LogP contribution in [0.1, 0.15) is 12.5 Å². The molecule has 3 rings (SSSR count). The van der Waals surface area contributed by atoms with Crippen molar-refractivity contribution >= 4 is 27.6 Å². The van der Waals surface area contributed by atoms with Gasteiger partial charge in [-0.2, -0.15) is 0 Å². The maximum absolute atomic E-state index is 13.5. The van der Waals surface area contributed by atoms with Gasteiger partial charge in [-0.25, -0.2) is 4.39 Å². The van der Waals surface area contributed by atoms with Gasteiger partial charge in [0.25, 0.3) is 0 Å². The number of para-hydroxylation sites is 1. The van der Waals surface area contributed by atoms with Gasteiger partial charge in [-0.3, -0.25) is 4.99 Å². The predicted molar refractivity (Wildman–Crippen MR) is 86.9 cm³/mol. The van der Waals surface area contributed by atoms with Crippen LogP contribution in [0.2, 0.25) is 0 Å². The third-order valence-electron chi connectivity index (χ3n) is 3.83. The third kappa shape index (κ3) is 2.31. The Labute approximate surface area is 131 Å². The molecule has 21 heavy (non-hydrogen) atoms. The molecule has 2 aromatic rings. The number of hydrogen-bond donors (Lipinski definition) is 1. The van der Waals surface area contributed by atoms with Crippen LogP contribution in [0.4, 0.5) is 10.1 Å². The van der Waals surface area contributed by atoms with Crippen LogP contribution in [-0.2, 0) is 5.54 Å². The van der Waals surface area contributed by atoms with E-state index in [1.807, 2.05) is 35.2 Å². The number of hydrogen-bond acceptors (Lipinski definition) is 3.